The Balaban J connectivity index is 1.50. The minimum atomic E-state index is -0.967. The number of hydrogen-bond acceptors (Lipinski definition) is 4. The molecule has 29 heavy (non-hydrogen) atoms. The molecule has 0 saturated heterocycles. The molecule has 0 aliphatic heterocycles. The van der Waals surface area contributed by atoms with E-state index in [1.165, 1.54) is 0 Å². The van der Waals surface area contributed by atoms with E-state index < -0.39 is 6.09 Å². The predicted octanol–water partition coefficient (Wildman–Crippen LogP) is 3.56. The van der Waals surface area contributed by atoms with Crippen LogP contribution in [0, 0.1) is 11.8 Å². The van der Waals surface area contributed by atoms with E-state index in [4.69, 9.17) is 9.84 Å². The van der Waals surface area contributed by atoms with Gasteiger partial charge in [-0.2, -0.15) is 0 Å². The number of methoxy groups -OCH3 is 1. The van der Waals surface area contributed by atoms with Crippen LogP contribution in [0.1, 0.15) is 36.0 Å². The quantitative estimate of drug-likeness (QED) is 0.663. The zero-order chi connectivity index (χ0) is 20.6. The number of rotatable bonds is 7. The average Bonchev–Trinajstić information content (AvgIpc) is 2.77. The molecule has 1 saturated carbocycles. The normalized spacial score (nSPS) is 18.7. The maximum atomic E-state index is 12.6. The van der Waals surface area contributed by atoms with E-state index in [2.05, 4.69) is 15.6 Å². The highest BCUT2D eigenvalue weighted by Gasteiger charge is 2.22. The fourth-order valence-electron chi connectivity index (χ4n) is 3.70. The Morgan fingerprint density at radius 1 is 1.03 bits per heavy atom. The molecule has 0 radical (unpaired) electrons. The second kappa shape index (κ2) is 9.91. The lowest BCUT2D eigenvalue weighted by atomic mass is 9.82. The molecular weight excluding hydrogens is 370 g/mol. The molecule has 2 amide bonds. The topological polar surface area (TPSA) is 101 Å². The standard InChI is InChI=1S/C22H27N3O4/c1-29-19-8-6-17(7-9-19)20-12-18(10-11-23-20)21(26)24-13-15-2-4-16(5-3-15)14-25-22(27)28/h6-12,15-16,25H,2-5,13-14H2,1H3,(H,24,26)(H,27,28)/t15-,16-. The van der Waals surface area contributed by atoms with Gasteiger partial charge in [-0.05, 0) is 73.9 Å². The van der Waals surface area contributed by atoms with Gasteiger partial charge in [0, 0.05) is 30.4 Å². The van der Waals surface area contributed by atoms with Crippen LogP contribution in [0.25, 0.3) is 11.3 Å². The molecule has 0 bridgehead atoms. The van der Waals surface area contributed by atoms with Crippen LogP contribution in [0.4, 0.5) is 4.79 Å². The zero-order valence-electron chi connectivity index (χ0n) is 16.6. The van der Waals surface area contributed by atoms with Crippen molar-refractivity contribution in [2.24, 2.45) is 11.8 Å². The minimum Gasteiger partial charge on any atom is -0.497 e. The van der Waals surface area contributed by atoms with E-state index in [-0.39, 0.29) is 5.91 Å². The van der Waals surface area contributed by atoms with Gasteiger partial charge in [-0.3, -0.25) is 9.78 Å². The number of nitrogens with zero attached hydrogens (tertiary/aromatic N) is 1. The van der Waals surface area contributed by atoms with Crippen molar-refractivity contribution in [2.75, 3.05) is 20.2 Å². The van der Waals surface area contributed by atoms with E-state index in [1.807, 2.05) is 24.3 Å². The maximum absolute atomic E-state index is 12.6. The highest BCUT2D eigenvalue weighted by atomic mass is 16.5. The Morgan fingerprint density at radius 2 is 1.66 bits per heavy atom. The van der Waals surface area contributed by atoms with Crippen LogP contribution in [0.2, 0.25) is 0 Å². The first-order valence-electron chi connectivity index (χ1n) is 9.90. The van der Waals surface area contributed by atoms with Gasteiger partial charge in [-0.25, -0.2) is 4.79 Å². The minimum absolute atomic E-state index is 0.100. The maximum Gasteiger partial charge on any atom is 0.404 e. The van der Waals surface area contributed by atoms with Crippen molar-refractivity contribution in [2.45, 2.75) is 25.7 Å². The smallest absolute Gasteiger partial charge is 0.404 e. The van der Waals surface area contributed by atoms with Crippen LogP contribution in [0.3, 0.4) is 0 Å². The van der Waals surface area contributed by atoms with Gasteiger partial charge < -0.3 is 20.5 Å². The van der Waals surface area contributed by atoms with Crippen molar-refractivity contribution in [1.82, 2.24) is 15.6 Å². The fraction of sp³-hybridized carbons (Fsp3) is 0.409. The lowest BCUT2D eigenvalue weighted by Gasteiger charge is -2.28. The molecule has 154 valence electrons. The van der Waals surface area contributed by atoms with Crippen molar-refractivity contribution >= 4 is 12.0 Å². The molecule has 1 aliphatic carbocycles. The first-order valence-corrected chi connectivity index (χ1v) is 9.90. The number of benzene rings is 1. The third-order valence-electron chi connectivity index (χ3n) is 5.47. The SMILES string of the molecule is COc1ccc(-c2cc(C(=O)NC[C@H]3CC[C@H](CNC(=O)O)CC3)ccn2)cc1. The zero-order valence-corrected chi connectivity index (χ0v) is 16.6. The Morgan fingerprint density at radius 3 is 2.24 bits per heavy atom. The fourth-order valence-corrected chi connectivity index (χ4v) is 3.70. The molecule has 3 N–H and O–H groups in total. The third-order valence-corrected chi connectivity index (χ3v) is 5.47. The number of amides is 2. The summed E-state index contributed by atoms with van der Waals surface area (Å²) >= 11 is 0. The molecule has 1 fully saturated rings. The summed E-state index contributed by atoms with van der Waals surface area (Å²) in [7, 11) is 1.62. The van der Waals surface area contributed by atoms with Crippen LogP contribution < -0.4 is 15.4 Å². The van der Waals surface area contributed by atoms with Crippen LogP contribution in [-0.4, -0.2) is 42.3 Å². The molecule has 7 nitrogen and oxygen atoms in total. The van der Waals surface area contributed by atoms with Gasteiger partial charge in [0.15, 0.2) is 0 Å². The van der Waals surface area contributed by atoms with E-state index in [0.29, 0.717) is 30.5 Å². The van der Waals surface area contributed by atoms with Crippen LogP contribution in [-0.2, 0) is 0 Å². The third kappa shape index (κ3) is 5.94. The molecule has 7 heteroatoms. The van der Waals surface area contributed by atoms with E-state index >= 15 is 0 Å². The van der Waals surface area contributed by atoms with Gasteiger partial charge in [0.05, 0.1) is 12.8 Å². The number of carbonyl (C=O) groups is 2. The van der Waals surface area contributed by atoms with Gasteiger partial charge in [-0.15, -0.1) is 0 Å². The molecule has 3 rings (SSSR count). The largest absolute Gasteiger partial charge is 0.497 e. The molecule has 1 heterocycles. The number of carbonyl (C=O) groups excluding carboxylic acids is 1. The van der Waals surface area contributed by atoms with Crippen molar-refractivity contribution in [1.29, 1.82) is 0 Å². The highest BCUT2D eigenvalue weighted by Crippen LogP contribution is 2.28. The summed E-state index contributed by atoms with van der Waals surface area (Å²) in [6.07, 6.45) is 4.65. The number of aromatic nitrogens is 1. The number of carboxylic acid groups (broad SMARTS) is 1. The van der Waals surface area contributed by atoms with E-state index in [9.17, 15) is 9.59 Å². The lowest BCUT2D eigenvalue weighted by Crippen LogP contribution is -2.34. The Bertz CT molecular complexity index is 830. The van der Waals surface area contributed by atoms with Gasteiger partial charge in [0.2, 0.25) is 0 Å². The number of nitrogens with one attached hydrogen (secondary N) is 2. The van der Waals surface area contributed by atoms with Crippen LogP contribution in [0.15, 0.2) is 42.6 Å². The van der Waals surface area contributed by atoms with E-state index in [0.717, 1.165) is 42.7 Å². The van der Waals surface area contributed by atoms with Crippen molar-refractivity contribution in [3.05, 3.63) is 48.2 Å². The first-order chi connectivity index (χ1) is 14.0. The van der Waals surface area contributed by atoms with Crippen molar-refractivity contribution < 1.29 is 19.4 Å². The number of hydrogen-bond donors (Lipinski definition) is 3. The molecule has 1 aromatic heterocycles. The monoisotopic (exact) mass is 397 g/mol. The summed E-state index contributed by atoms with van der Waals surface area (Å²) in [5.41, 5.74) is 2.26. The van der Waals surface area contributed by atoms with Gasteiger partial charge in [-0.1, -0.05) is 0 Å². The Hall–Kier alpha value is -3.09. The number of ether oxygens (including phenoxy) is 1. The van der Waals surface area contributed by atoms with Crippen LogP contribution in [0.5, 0.6) is 5.75 Å². The molecule has 0 atom stereocenters. The Kier molecular flexibility index (Phi) is 7.05. The summed E-state index contributed by atoms with van der Waals surface area (Å²) in [4.78, 5) is 27.5. The Labute approximate surface area is 170 Å². The van der Waals surface area contributed by atoms with Crippen LogP contribution >= 0.6 is 0 Å². The number of pyridine rings is 1. The van der Waals surface area contributed by atoms with Gasteiger partial charge in [0.25, 0.3) is 5.91 Å². The summed E-state index contributed by atoms with van der Waals surface area (Å²) in [5.74, 6) is 1.50. The summed E-state index contributed by atoms with van der Waals surface area (Å²) in [5, 5.41) is 14.2. The summed E-state index contributed by atoms with van der Waals surface area (Å²) < 4.78 is 5.17. The van der Waals surface area contributed by atoms with E-state index in [1.54, 1.807) is 25.4 Å². The first kappa shape index (κ1) is 20.6. The second-order valence-corrected chi connectivity index (χ2v) is 7.44. The molecule has 1 aromatic carbocycles. The van der Waals surface area contributed by atoms with Gasteiger partial charge in [0.1, 0.15) is 5.75 Å². The molecular formula is C22H27N3O4. The highest BCUT2D eigenvalue weighted by molar-refractivity contribution is 5.95. The van der Waals surface area contributed by atoms with Gasteiger partial charge >= 0.3 is 6.09 Å². The lowest BCUT2D eigenvalue weighted by molar-refractivity contribution is 0.0940. The van der Waals surface area contributed by atoms with Crippen molar-refractivity contribution in [3.63, 3.8) is 0 Å². The molecule has 1 aliphatic rings. The summed E-state index contributed by atoms with van der Waals surface area (Å²) in [6, 6.07) is 11.1. The van der Waals surface area contributed by atoms with Crippen molar-refractivity contribution in [3.8, 4) is 17.0 Å². The summed E-state index contributed by atoms with van der Waals surface area (Å²) in [6.45, 7) is 1.15. The predicted molar refractivity (Wildman–Crippen MR) is 110 cm³/mol. The average molecular weight is 397 g/mol. The second-order valence-electron chi connectivity index (χ2n) is 7.44. The molecule has 0 unspecified atom stereocenters. The molecule has 2 aromatic rings. The molecule has 0 spiro atoms.